The summed E-state index contributed by atoms with van der Waals surface area (Å²) in [5.41, 5.74) is 6.57. The largest absolute Gasteiger partial charge is 0.470 e. The summed E-state index contributed by atoms with van der Waals surface area (Å²) in [6, 6.07) is 3.56. The van der Waals surface area contributed by atoms with Crippen LogP contribution in [0.4, 0.5) is 8.78 Å². The Kier molecular flexibility index (Phi) is 6.24. The topological polar surface area (TPSA) is 112 Å². The Morgan fingerprint density at radius 1 is 1.27 bits per heavy atom. The first-order valence-electron chi connectivity index (χ1n) is 9.26. The number of aromatic nitrogens is 3. The van der Waals surface area contributed by atoms with Crippen molar-refractivity contribution in [3.8, 4) is 5.88 Å². The fraction of sp³-hybridized carbons (Fsp3) is 0.300. The highest BCUT2D eigenvalue weighted by atomic mass is 19.1. The second-order valence-corrected chi connectivity index (χ2v) is 6.73. The van der Waals surface area contributed by atoms with Crippen LogP contribution in [0.15, 0.2) is 24.4 Å². The summed E-state index contributed by atoms with van der Waals surface area (Å²) in [6.45, 7) is 3.85. The average Bonchev–Trinajstić information content (AvgIpc) is 3.27. The number of nitrogens with zero attached hydrogens (tertiary/aromatic N) is 3. The Hall–Kier alpha value is -3.56. The standard InChI is InChI=1S/C16H14F2N4O2.C4H7NO/c1-8-6-22-13(14(19)23)9(2)21-15(22)16(20-8)24-7-10-11(17)4-3-5-12(10)18;6-4-2-1-3-5-4/h3-6H,7H2,1-2H3,(H2,19,23);1-3H2,(H,5,6). The molecule has 0 atom stereocenters. The van der Waals surface area contributed by atoms with E-state index in [1.54, 1.807) is 20.0 Å². The fourth-order valence-electron chi connectivity index (χ4n) is 3.02. The molecule has 0 bridgehead atoms. The van der Waals surface area contributed by atoms with Crippen molar-refractivity contribution in [1.82, 2.24) is 19.7 Å². The number of fused-ring (bicyclic) bond motifs is 1. The zero-order valence-corrected chi connectivity index (χ0v) is 16.5. The first-order chi connectivity index (χ1) is 14.3. The molecule has 2 aromatic heterocycles. The Morgan fingerprint density at radius 3 is 2.50 bits per heavy atom. The van der Waals surface area contributed by atoms with Crippen LogP contribution < -0.4 is 15.8 Å². The van der Waals surface area contributed by atoms with Gasteiger partial charge in [-0.2, -0.15) is 0 Å². The number of rotatable bonds is 4. The highest BCUT2D eigenvalue weighted by Gasteiger charge is 2.19. The minimum Gasteiger partial charge on any atom is -0.470 e. The molecule has 1 aliphatic heterocycles. The molecule has 158 valence electrons. The van der Waals surface area contributed by atoms with Gasteiger partial charge in [-0.25, -0.2) is 18.7 Å². The molecule has 10 heteroatoms. The van der Waals surface area contributed by atoms with Crippen molar-refractivity contribution in [2.45, 2.75) is 33.3 Å². The van der Waals surface area contributed by atoms with E-state index in [2.05, 4.69) is 15.3 Å². The summed E-state index contributed by atoms with van der Waals surface area (Å²) in [5.74, 6) is -1.80. The molecule has 0 spiro atoms. The van der Waals surface area contributed by atoms with Crippen LogP contribution in [0.5, 0.6) is 5.88 Å². The van der Waals surface area contributed by atoms with Crippen molar-refractivity contribution in [1.29, 1.82) is 0 Å². The predicted octanol–water partition coefficient (Wildman–Crippen LogP) is 2.20. The smallest absolute Gasteiger partial charge is 0.267 e. The van der Waals surface area contributed by atoms with E-state index in [-0.39, 0.29) is 35.3 Å². The molecule has 3 aromatic rings. The number of hydrogen-bond acceptors (Lipinski definition) is 5. The number of imidazole rings is 1. The first kappa shape index (κ1) is 21.2. The van der Waals surface area contributed by atoms with Crippen LogP contribution in [0.3, 0.4) is 0 Å². The van der Waals surface area contributed by atoms with E-state index < -0.39 is 17.5 Å². The molecule has 0 radical (unpaired) electrons. The fourth-order valence-corrected chi connectivity index (χ4v) is 3.02. The van der Waals surface area contributed by atoms with E-state index >= 15 is 0 Å². The third-order valence-corrected chi connectivity index (χ3v) is 4.42. The van der Waals surface area contributed by atoms with Crippen molar-refractivity contribution in [3.63, 3.8) is 0 Å². The number of nitrogens with one attached hydrogen (secondary N) is 1. The molecule has 1 fully saturated rings. The number of benzene rings is 1. The Morgan fingerprint density at radius 2 is 1.97 bits per heavy atom. The van der Waals surface area contributed by atoms with E-state index in [0.717, 1.165) is 31.5 Å². The van der Waals surface area contributed by atoms with Crippen molar-refractivity contribution >= 4 is 17.5 Å². The maximum absolute atomic E-state index is 13.7. The van der Waals surface area contributed by atoms with Crippen molar-refractivity contribution in [2.75, 3.05) is 6.54 Å². The van der Waals surface area contributed by atoms with Gasteiger partial charge in [0, 0.05) is 19.2 Å². The van der Waals surface area contributed by atoms with Gasteiger partial charge in [0.05, 0.1) is 17.0 Å². The van der Waals surface area contributed by atoms with Gasteiger partial charge in [0.15, 0.2) is 0 Å². The zero-order valence-electron chi connectivity index (χ0n) is 16.5. The Bertz CT molecular complexity index is 1090. The molecule has 4 rings (SSSR count). The maximum Gasteiger partial charge on any atom is 0.267 e. The van der Waals surface area contributed by atoms with Crippen molar-refractivity contribution in [3.05, 3.63) is 58.7 Å². The number of ether oxygens (including phenoxy) is 1. The minimum absolute atomic E-state index is 0.0632. The molecule has 2 amide bonds. The molecule has 1 aromatic carbocycles. The molecular weight excluding hydrogens is 396 g/mol. The predicted molar refractivity (Wildman–Crippen MR) is 104 cm³/mol. The number of halogens is 2. The highest BCUT2D eigenvalue weighted by Crippen LogP contribution is 2.23. The number of aryl methyl sites for hydroxylation is 2. The molecule has 0 aliphatic carbocycles. The third kappa shape index (κ3) is 4.53. The van der Waals surface area contributed by atoms with E-state index in [4.69, 9.17) is 10.5 Å². The van der Waals surface area contributed by atoms with Crippen LogP contribution >= 0.6 is 0 Å². The van der Waals surface area contributed by atoms with Crippen molar-refractivity contribution in [2.24, 2.45) is 5.73 Å². The monoisotopic (exact) mass is 417 g/mol. The summed E-state index contributed by atoms with van der Waals surface area (Å²) >= 11 is 0. The van der Waals surface area contributed by atoms with Gasteiger partial charge in [0.25, 0.3) is 11.8 Å². The van der Waals surface area contributed by atoms with Gasteiger partial charge in [-0.15, -0.1) is 0 Å². The second-order valence-electron chi connectivity index (χ2n) is 6.73. The lowest BCUT2D eigenvalue weighted by molar-refractivity contribution is -0.119. The van der Waals surface area contributed by atoms with E-state index in [0.29, 0.717) is 11.4 Å². The number of carbonyl (C=O) groups excluding carboxylic acids is 2. The van der Waals surface area contributed by atoms with Gasteiger partial charge in [0.2, 0.25) is 11.6 Å². The van der Waals surface area contributed by atoms with Gasteiger partial charge in [-0.3, -0.25) is 14.0 Å². The van der Waals surface area contributed by atoms with Crippen LogP contribution in [-0.2, 0) is 11.4 Å². The second kappa shape index (κ2) is 8.85. The maximum atomic E-state index is 13.7. The number of hydrogen-bond donors (Lipinski definition) is 2. The summed E-state index contributed by atoms with van der Waals surface area (Å²) in [7, 11) is 0. The van der Waals surface area contributed by atoms with Gasteiger partial charge in [-0.05, 0) is 32.4 Å². The van der Waals surface area contributed by atoms with Crippen LogP contribution in [0, 0.1) is 25.5 Å². The van der Waals surface area contributed by atoms with Crippen LogP contribution in [-0.4, -0.2) is 32.7 Å². The quantitative estimate of drug-likeness (QED) is 0.676. The Labute approximate surface area is 171 Å². The molecule has 1 saturated heterocycles. The SMILES string of the molecule is Cc1cn2c(C(N)=O)c(C)nc2c(OCc2c(F)cccc2F)n1.O=C1CCCN1. The number of primary amides is 1. The van der Waals surface area contributed by atoms with Gasteiger partial charge in [-0.1, -0.05) is 6.07 Å². The van der Waals surface area contributed by atoms with Gasteiger partial charge >= 0.3 is 0 Å². The summed E-state index contributed by atoms with van der Waals surface area (Å²) < 4.78 is 34.3. The zero-order chi connectivity index (χ0) is 21.8. The number of carbonyl (C=O) groups is 2. The lowest BCUT2D eigenvalue weighted by Gasteiger charge is -2.09. The molecule has 30 heavy (non-hydrogen) atoms. The van der Waals surface area contributed by atoms with Gasteiger partial charge < -0.3 is 15.8 Å². The average molecular weight is 417 g/mol. The number of nitrogens with two attached hydrogens (primary N) is 1. The van der Waals surface area contributed by atoms with Crippen LogP contribution in [0.2, 0.25) is 0 Å². The van der Waals surface area contributed by atoms with E-state index in [9.17, 15) is 18.4 Å². The molecular formula is C20H21F2N5O3. The summed E-state index contributed by atoms with van der Waals surface area (Å²) in [6.07, 6.45) is 3.35. The summed E-state index contributed by atoms with van der Waals surface area (Å²) in [4.78, 5) is 30.1. The van der Waals surface area contributed by atoms with Gasteiger partial charge in [0.1, 0.15) is 23.9 Å². The Balaban J connectivity index is 0.000000367. The summed E-state index contributed by atoms with van der Waals surface area (Å²) in [5, 5.41) is 2.68. The minimum atomic E-state index is -0.712. The molecule has 3 N–H and O–H groups in total. The third-order valence-electron chi connectivity index (χ3n) is 4.42. The lowest BCUT2D eigenvalue weighted by atomic mass is 10.2. The lowest BCUT2D eigenvalue weighted by Crippen LogP contribution is -2.15. The van der Waals surface area contributed by atoms with E-state index in [1.807, 2.05) is 0 Å². The molecule has 0 saturated carbocycles. The molecule has 1 aliphatic rings. The normalized spacial score (nSPS) is 13.0. The van der Waals surface area contributed by atoms with E-state index in [1.165, 1.54) is 10.5 Å². The number of amides is 2. The molecule has 8 nitrogen and oxygen atoms in total. The first-order valence-corrected chi connectivity index (χ1v) is 9.26. The van der Waals surface area contributed by atoms with Crippen LogP contribution in [0.1, 0.15) is 40.3 Å². The molecule has 3 heterocycles. The van der Waals surface area contributed by atoms with Crippen molar-refractivity contribution < 1.29 is 23.1 Å². The highest BCUT2D eigenvalue weighted by molar-refractivity contribution is 5.93. The molecule has 0 unspecified atom stereocenters. The van der Waals surface area contributed by atoms with Crippen LogP contribution in [0.25, 0.3) is 5.65 Å².